The second-order valence-electron chi connectivity index (χ2n) is 4.95. The van der Waals surface area contributed by atoms with Crippen molar-refractivity contribution in [2.75, 3.05) is 6.54 Å². The molecule has 0 atom stereocenters. The summed E-state index contributed by atoms with van der Waals surface area (Å²) >= 11 is 0. The van der Waals surface area contributed by atoms with Gasteiger partial charge in [-0.25, -0.2) is 4.39 Å². The summed E-state index contributed by atoms with van der Waals surface area (Å²) in [6.07, 6.45) is 1.92. The summed E-state index contributed by atoms with van der Waals surface area (Å²) in [6, 6.07) is 4.44. The van der Waals surface area contributed by atoms with Gasteiger partial charge in [0.25, 0.3) is 5.91 Å². The molecule has 0 heterocycles. The Labute approximate surface area is 112 Å². The lowest BCUT2D eigenvalue weighted by molar-refractivity contribution is 0.0892. The molecule has 1 aromatic carbocycles. The van der Waals surface area contributed by atoms with Crippen LogP contribution in [0.2, 0.25) is 0 Å². The predicted octanol–water partition coefficient (Wildman–Crippen LogP) is 1.66. The standard InChI is InChI=1S/C15H17FN2O/c1-10-7-12(8-10)18-15(19)13-9-11(3-2-6-17)4-5-14(13)16/h4-5,9-10,12H,6-8,17H2,1H3,(H,18,19). The third kappa shape index (κ3) is 3.33. The van der Waals surface area contributed by atoms with Gasteiger partial charge >= 0.3 is 0 Å². The van der Waals surface area contributed by atoms with E-state index in [1.165, 1.54) is 12.1 Å². The third-order valence-electron chi connectivity index (χ3n) is 3.25. The second-order valence-corrected chi connectivity index (χ2v) is 4.95. The number of amides is 1. The quantitative estimate of drug-likeness (QED) is 0.795. The van der Waals surface area contributed by atoms with Gasteiger partial charge in [-0.2, -0.15) is 0 Å². The smallest absolute Gasteiger partial charge is 0.254 e. The normalized spacial score (nSPS) is 21.0. The fraction of sp³-hybridized carbons (Fsp3) is 0.400. The fourth-order valence-electron chi connectivity index (χ4n) is 2.21. The van der Waals surface area contributed by atoms with Gasteiger partial charge in [-0.05, 0) is 37.0 Å². The molecule has 1 aromatic rings. The van der Waals surface area contributed by atoms with Gasteiger partial charge in [0, 0.05) is 11.6 Å². The van der Waals surface area contributed by atoms with E-state index in [1.54, 1.807) is 6.07 Å². The van der Waals surface area contributed by atoms with Crippen LogP contribution in [0.5, 0.6) is 0 Å². The first-order chi connectivity index (χ1) is 9.10. The molecule has 3 nitrogen and oxygen atoms in total. The molecule has 1 amide bonds. The predicted molar refractivity (Wildman–Crippen MR) is 72.0 cm³/mol. The van der Waals surface area contributed by atoms with Gasteiger partial charge < -0.3 is 11.1 Å². The van der Waals surface area contributed by atoms with Gasteiger partial charge in [0.1, 0.15) is 5.82 Å². The van der Waals surface area contributed by atoms with E-state index in [9.17, 15) is 9.18 Å². The SMILES string of the molecule is CC1CC(NC(=O)c2cc(C#CCN)ccc2F)C1. The molecule has 1 saturated carbocycles. The molecule has 1 aliphatic rings. The van der Waals surface area contributed by atoms with E-state index >= 15 is 0 Å². The van der Waals surface area contributed by atoms with E-state index < -0.39 is 5.82 Å². The topological polar surface area (TPSA) is 55.1 Å². The number of carbonyl (C=O) groups is 1. The largest absolute Gasteiger partial charge is 0.349 e. The zero-order valence-corrected chi connectivity index (χ0v) is 10.9. The Morgan fingerprint density at radius 3 is 2.89 bits per heavy atom. The van der Waals surface area contributed by atoms with Crippen LogP contribution in [0.25, 0.3) is 0 Å². The average Bonchev–Trinajstić information content (AvgIpc) is 2.35. The summed E-state index contributed by atoms with van der Waals surface area (Å²) in [4.78, 5) is 12.0. The molecular weight excluding hydrogens is 243 g/mol. The van der Waals surface area contributed by atoms with E-state index in [0.717, 1.165) is 12.8 Å². The highest BCUT2D eigenvalue weighted by Crippen LogP contribution is 2.26. The number of benzene rings is 1. The van der Waals surface area contributed by atoms with Crippen LogP contribution < -0.4 is 11.1 Å². The molecular formula is C15H17FN2O. The first-order valence-corrected chi connectivity index (χ1v) is 6.39. The molecule has 19 heavy (non-hydrogen) atoms. The number of hydrogen-bond acceptors (Lipinski definition) is 2. The van der Waals surface area contributed by atoms with Crippen molar-refractivity contribution in [1.82, 2.24) is 5.32 Å². The molecule has 0 radical (unpaired) electrons. The minimum absolute atomic E-state index is 0.0448. The van der Waals surface area contributed by atoms with E-state index in [4.69, 9.17) is 5.73 Å². The highest BCUT2D eigenvalue weighted by molar-refractivity contribution is 5.95. The summed E-state index contributed by atoms with van der Waals surface area (Å²) in [5.41, 5.74) is 5.92. The molecule has 0 saturated heterocycles. The summed E-state index contributed by atoms with van der Waals surface area (Å²) in [5, 5.41) is 2.84. The van der Waals surface area contributed by atoms with Gasteiger partial charge in [0.2, 0.25) is 0 Å². The molecule has 0 aliphatic heterocycles. The van der Waals surface area contributed by atoms with Crippen molar-refractivity contribution < 1.29 is 9.18 Å². The van der Waals surface area contributed by atoms with Crippen molar-refractivity contribution in [3.05, 3.63) is 35.1 Å². The number of rotatable bonds is 2. The molecule has 0 unspecified atom stereocenters. The number of carbonyl (C=O) groups excluding carboxylic acids is 1. The van der Waals surface area contributed by atoms with Gasteiger partial charge in [0.05, 0.1) is 12.1 Å². The minimum atomic E-state index is -0.525. The summed E-state index contributed by atoms with van der Waals surface area (Å²) in [6.45, 7) is 2.37. The Morgan fingerprint density at radius 1 is 1.53 bits per heavy atom. The summed E-state index contributed by atoms with van der Waals surface area (Å²) in [7, 11) is 0. The van der Waals surface area contributed by atoms with Gasteiger partial charge in [-0.15, -0.1) is 0 Å². The maximum atomic E-state index is 13.7. The van der Waals surface area contributed by atoms with E-state index in [1.807, 2.05) is 0 Å². The summed E-state index contributed by atoms with van der Waals surface area (Å²) in [5.74, 6) is 5.22. The Hall–Kier alpha value is -1.86. The molecule has 0 bridgehead atoms. The molecule has 2 rings (SSSR count). The molecule has 3 N–H and O–H groups in total. The van der Waals surface area contributed by atoms with Crippen molar-refractivity contribution in [2.45, 2.75) is 25.8 Å². The number of halogens is 1. The first kappa shape index (κ1) is 13.6. The fourth-order valence-corrected chi connectivity index (χ4v) is 2.21. The molecule has 0 aromatic heterocycles. The van der Waals surface area contributed by atoms with Crippen LogP contribution in [0.3, 0.4) is 0 Å². The lowest BCUT2D eigenvalue weighted by atomic mass is 9.82. The van der Waals surface area contributed by atoms with E-state index in [-0.39, 0.29) is 24.1 Å². The van der Waals surface area contributed by atoms with Crippen molar-refractivity contribution in [3.63, 3.8) is 0 Å². The average molecular weight is 260 g/mol. The highest BCUT2D eigenvalue weighted by atomic mass is 19.1. The third-order valence-corrected chi connectivity index (χ3v) is 3.25. The molecule has 1 aliphatic carbocycles. The van der Waals surface area contributed by atoms with Gasteiger partial charge in [-0.3, -0.25) is 4.79 Å². The van der Waals surface area contributed by atoms with Crippen molar-refractivity contribution in [1.29, 1.82) is 0 Å². The Kier molecular flexibility index (Phi) is 4.18. The van der Waals surface area contributed by atoms with Crippen LogP contribution in [0.1, 0.15) is 35.7 Å². The molecule has 1 fully saturated rings. The van der Waals surface area contributed by atoms with E-state index in [0.29, 0.717) is 11.5 Å². The second kappa shape index (κ2) is 5.85. The number of hydrogen-bond donors (Lipinski definition) is 2. The Morgan fingerprint density at radius 2 is 2.26 bits per heavy atom. The highest BCUT2D eigenvalue weighted by Gasteiger charge is 2.27. The van der Waals surface area contributed by atoms with Crippen molar-refractivity contribution in [3.8, 4) is 11.8 Å². The number of nitrogens with two attached hydrogens (primary N) is 1. The Bertz CT molecular complexity index is 539. The minimum Gasteiger partial charge on any atom is -0.349 e. The zero-order valence-electron chi connectivity index (χ0n) is 10.9. The molecule has 100 valence electrons. The Balaban J connectivity index is 2.11. The van der Waals surface area contributed by atoms with Crippen LogP contribution in [0, 0.1) is 23.6 Å². The van der Waals surface area contributed by atoms with Crippen LogP contribution in [0.4, 0.5) is 4.39 Å². The maximum absolute atomic E-state index is 13.7. The van der Waals surface area contributed by atoms with Crippen LogP contribution in [0.15, 0.2) is 18.2 Å². The van der Waals surface area contributed by atoms with E-state index in [2.05, 4.69) is 24.1 Å². The van der Waals surface area contributed by atoms with Crippen molar-refractivity contribution in [2.24, 2.45) is 11.7 Å². The molecule has 0 spiro atoms. The zero-order chi connectivity index (χ0) is 13.8. The molecule has 4 heteroatoms. The van der Waals surface area contributed by atoms with Crippen LogP contribution >= 0.6 is 0 Å². The van der Waals surface area contributed by atoms with Gasteiger partial charge in [-0.1, -0.05) is 18.8 Å². The first-order valence-electron chi connectivity index (χ1n) is 6.39. The maximum Gasteiger partial charge on any atom is 0.254 e. The van der Waals surface area contributed by atoms with Crippen LogP contribution in [-0.4, -0.2) is 18.5 Å². The van der Waals surface area contributed by atoms with Gasteiger partial charge in [0.15, 0.2) is 0 Å². The summed E-state index contributed by atoms with van der Waals surface area (Å²) < 4.78 is 13.7. The van der Waals surface area contributed by atoms with Crippen LogP contribution in [-0.2, 0) is 0 Å². The number of nitrogens with one attached hydrogen (secondary N) is 1. The van der Waals surface area contributed by atoms with Crippen molar-refractivity contribution >= 4 is 5.91 Å². The monoisotopic (exact) mass is 260 g/mol. The lowest BCUT2D eigenvalue weighted by Crippen LogP contribution is -2.43. The lowest BCUT2D eigenvalue weighted by Gasteiger charge is -2.33.